The van der Waals surface area contributed by atoms with Crippen molar-refractivity contribution in [2.24, 2.45) is 0 Å². The zero-order chi connectivity index (χ0) is 10.8. The second-order valence-corrected chi connectivity index (χ2v) is 3.93. The van der Waals surface area contributed by atoms with Crippen molar-refractivity contribution in [1.29, 1.82) is 0 Å². The molecule has 2 aromatic rings. The molecule has 0 radical (unpaired) electrons. The summed E-state index contributed by atoms with van der Waals surface area (Å²) in [5.74, 6) is 1.41. The van der Waals surface area contributed by atoms with E-state index in [2.05, 4.69) is 38.0 Å². The topological polar surface area (TPSA) is 52.3 Å². The number of methoxy groups -OCH3 is 1. The number of nitrogens with zero attached hydrogens (tertiary/aromatic N) is 4. The number of aryl methyl sites for hydroxylation is 1. The van der Waals surface area contributed by atoms with E-state index in [4.69, 9.17) is 4.74 Å². The van der Waals surface area contributed by atoms with Crippen LogP contribution in [-0.2, 0) is 6.42 Å². The van der Waals surface area contributed by atoms with E-state index in [9.17, 15) is 0 Å². The fraction of sp³-hybridized carbons (Fsp3) is 0.444. The third-order valence-corrected chi connectivity index (χ3v) is 2.65. The summed E-state index contributed by atoms with van der Waals surface area (Å²) in [6.45, 7) is 2.10. The molecule has 0 aliphatic heterocycles. The summed E-state index contributed by atoms with van der Waals surface area (Å²) in [5.41, 5.74) is 0.648. The van der Waals surface area contributed by atoms with Crippen molar-refractivity contribution in [2.45, 2.75) is 19.8 Å². The maximum Gasteiger partial charge on any atom is 0.260 e. The van der Waals surface area contributed by atoms with E-state index in [-0.39, 0.29) is 0 Å². The molecular formula is C9H11BrN4O. The van der Waals surface area contributed by atoms with Gasteiger partial charge in [-0.3, -0.25) is 4.40 Å². The Morgan fingerprint density at radius 3 is 2.93 bits per heavy atom. The summed E-state index contributed by atoms with van der Waals surface area (Å²) < 4.78 is 7.87. The molecule has 0 atom stereocenters. The van der Waals surface area contributed by atoms with Gasteiger partial charge in [0.25, 0.3) is 5.88 Å². The van der Waals surface area contributed by atoms with Crippen molar-refractivity contribution in [1.82, 2.24) is 19.6 Å². The van der Waals surface area contributed by atoms with Crippen LogP contribution in [-0.4, -0.2) is 26.7 Å². The van der Waals surface area contributed by atoms with Gasteiger partial charge >= 0.3 is 0 Å². The second-order valence-electron chi connectivity index (χ2n) is 3.12. The van der Waals surface area contributed by atoms with Crippen molar-refractivity contribution < 1.29 is 4.74 Å². The summed E-state index contributed by atoms with van der Waals surface area (Å²) >= 11 is 3.43. The number of fused-ring (bicyclic) bond motifs is 1. The molecule has 0 fully saturated rings. The number of aromatic nitrogens is 4. The molecule has 15 heavy (non-hydrogen) atoms. The van der Waals surface area contributed by atoms with E-state index >= 15 is 0 Å². The molecular weight excluding hydrogens is 260 g/mol. The quantitative estimate of drug-likeness (QED) is 0.854. The van der Waals surface area contributed by atoms with Crippen LogP contribution >= 0.6 is 15.9 Å². The maximum absolute atomic E-state index is 5.12. The van der Waals surface area contributed by atoms with Gasteiger partial charge in [-0.15, -0.1) is 10.2 Å². The lowest BCUT2D eigenvalue weighted by Crippen LogP contribution is -1.99. The minimum Gasteiger partial charge on any atom is -0.478 e. The molecule has 0 amide bonds. The van der Waals surface area contributed by atoms with Gasteiger partial charge in [-0.1, -0.05) is 6.92 Å². The molecule has 2 rings (SSSR count). The fourth-order valence-corrected chi connectivity index (χ4v) is 1.91. The van der Waals surface area contributed by atoms with E-state index in [1.54, 1.807) is 13.3 Å². The highest BCUT2D eigenvalue weighted by atomic mass is 79.9. The third kappa shape index (κ3) is 1.69. The second kappa shape index (κ2) is 4.14. The fourth-order valence-electron chi connectivity index (χ4n) is 1.44. The van der Waals surface area contributed by atoms with Gasteiger partial charge in [-0.2, -0.15) is 0 Å². The largest absolute Gasteiger partial charge is 0.478 e. The average molecular weight is 271 g/mol. The van der Waals surface area contributed by atoms with Crippen LogP contribution in [0.15, 0.2) is 10.8 Å². The molecule has 0 N–H and O–H groups in total. The van der Waals surface area contributed by atoms with Crippen molar-refractivity contribution in [3.8, 4) is 5.88 Å². The minimum absolute atomic E-state index is 0.494. The van der Waals surface area contributed by atoms with E-state index < -0.39 is 0 Å². The minimum atomic E-state index is 0.494. The SMILES string of the molecule is CCCc1nnc2c(OC)ncc(Br)n12. The molecule has 0 saturated carbocycles. The first-order valence-corrected chi connectivity index (χ1v) is 5.49. The van der Waals surface area contributed by atoms with Gasteiger partial charge in [0.05, 0.1) is 13.3 Å². The maximum atomic E-state index is 5.12. The van der Waals surface area contributed by atoms with E-state index in [1.807, 2.05) is 4.40 Å². The zero-order valence-electron chi connectivity index (χ0n) is 8.57. The Morgan fingerprint density at radius 2 is 2.27 bits per heavy atom. The van der Waals surface area contributed by atoms with Gasteiger partial charge in [0.2, 0.25) is 5.65 Å². The Labute approximate surface area is 95.6 Å². The monoisotopic (exact) mass is 270 g/mol. The number of halogens is 1. The molecule has 2 heterocycles. The molecule has 6 heteroatoms. The lowest BCUT2D eigenvalue weighted by molar-refractivity contribution is 0.399. The molecule has 0 spiro atoms. The van der Waals surface area contributed by atoms with Gasteiger partial charge in [-0.25, -0.2) is 4.98 Å². The molecule has 5 nitrogen and oxygen atoms in total. The number of rotatable bonds is 3. The van der Waals surface area contributed by atoms with Crippen LogP contribution in [0.3, 0.4) is 0 Å². The predicted molar refractivity (Wildman–Crippen MR) is 59.0 cm³/mol. The molecule has 0 aliphatic rings. The molecule has 80 valence electrons. The molecule has 0 bridgehead atoms. The first-order valence-electron chi connectivity index (χ1n) is 4.70. The number of hydrogen-bond donors (Lipinski definition) is 0. The standard InChI is InChI=1S/C9H11BrN4O/c1-3-4-7-12-13-8-9(15-2)11-5-6(10)14(7)8/h5H,3-4H2,1-2H3. The molecule has 0 aliphatic carbocycles. The Balaban J connectivity index is 2.67. The first kappa shape index (κ1) is 10.4. The Kier molecular flexibility index (Phi) is 2.86. The van der Waals surface area contributed by atoms with Crippen molar-refractivity contribution in [3.63, 3.8) is 0 Å². The first-order chi connectivity index (χ1) is 7.27. The lowest BCUT2D eigenvalue weighted by atomic mass is 10.3. The molecule has 2 aromatic heterocycles. The zero-order valence-corrected chi connectivity index (χ0v) is 10.2. The molecule has 0 saturated heterocycles. The number of hydrogen-bond acceptors (Lipinski definition) is 4. The van der Waals surface area contributed by atoms with Crippen LogP contribution in [0.1, 0.15) is 19.2 Å². The van der Waals surface area contributed by atoms with E-state index in [0.29, 0.717) is 11.5 Å². The summed E-state index contributed by atoms with van der Waals surface area (Å²) in [4.78, 5) is 4.11. The number of ether oxygens (including phenoxy) is 1. The molecule has 0 unspecified atom stereocenters. The van der Waals surface area contributed by atoms with Crippen LogP contribution in [0.4, 0.5) is 0 Å². The highest BCUT2D eigenvalue weighted by Crippen LogP contribution is 2.21. The summed E-state index contributed by atoms with van der Waals surface area (Å²) in [6.07, 6.45) is 3.60. The van der Waals surface area contributed by atoms with Gasteiger partial charge in [0.1, 0.15) is 10.4 Å². The summed E-state index contributed by atoms with van der Waals surface area (Å²) in [5, 5.41) is 8.18. The van der Waals surface area contributed by atoms with E-state index in [1.165, 1.54) is 0 Å². The Hall–Kier alpha value is -1.17. The van der Waals surface area contributed by atoms with Crippen LogP contribution in [0.5, 0.6) is 5.88 Å². The Morgan fingerprint density at radius 1 is 1.47 bits per heavy atom. The Bertz CT molecular complexity index is 482. The van der Waals surface area contributed by atoms with Crippen molar-refractivity contribution >= 4 is 21.6 Å². The van der Waals surface area contributed by atoms with Gasteiger partial charge in [-0.05, 0) is 22.4 Å². The van der Waals surface area contributed by atoms with Crippen LogP contribution in [0.2, 0.25) is 0 Å². The third-order valence-electron chi connectivity index (χ3n) is 2.09. The van der Waals surface area contributed by atoms with Gasteiger partial charge in [0.15, 0.2) is 0 Å². The lowest BCUT2D eigenvalue weighted by Gasteiger charge is -2.03. The van der Waals surface area contributed by atoms with Crippen LogP contribution in [0.25, 0.3) is 5.65 Å². The van der Waals surface area contributed by atoms with Crippen molar-refractivity contribution in [2.75, 3.05) is 7.11 Å². The summed E-state index contributed by atoms with van der Waals surface area (Å²) in [7, 11) is 1.57. The predicted octanol–water partition coefficient (Wildman–Crippen LogP) is 1.85. The molecule has 0 aromatic carbocycles. The highest BCUT2D eigenvalue weighted by Gasteiger charge is 2.12. The van der Waals surface area contributed by atoms with Crippen LogP contribution < -0.4 is 4.74 Å². The normalized spacial score (nSPS) is 10.9. The summed E-state index contributed by atoms with van der Waals surface area (Å²) in [6, 6.07) is 0. The van der Waals surface area contributed by atoms with Crippen LogP contribution in [0, 0.1) is 0 Å². The van der Waals surface area contributed by atoms with Gasteiger partial charge in [0, 0.05) is 6.42 Å². The van der Waals surface area contributed by atoms with Gasteiger partial charge < -0.3 is 4.74 Å². The average Bonchev–Trinajstić information content (AvgIpc) is 2.64. The van der Waals surface area contributed by atoms with E-state index in [0.717, 1.165) is 23.3 Å². The van der Waals surface area contributed by atoms with Crippen molar-refractivity contribution in [3.05, 3.63) is 16.6 Å². The smallest absolute Gasteiger partial charge is 0.260 e. The highest BCUT2D eigenvalue weighted by molar-refractivity contribution is 9.10.